The Hall–Kier alpha value is -2.66. The summed E-state index contributed by atoms with van der Waals surface area (Å²) in [6.45, 7) is 7.66. The van der Waals surface area contributed by atoms with Crippen LogP contribution in [0.3, 0.4) is 0 Å². The molecular formula is C59H104O5. The zero-order chi connectivity index (χ0) is 46.3. The Morgan fingerprint density at radius 2 is 0.719 bits per heavy atom. The third-order valence-electron chi connectivity index (χ3n) is 11.7. The highest BCUT2D eigenvalue weighted by Gasteiger charge is 2.17. The molecule has 0 saturated heterocycles. The van der Waals surface area contributed by atoms with Gasteiger partial charge < -0.3 is 14.2 Å². The lowest BCUT2D eigenvalue weighted by atomic mass is 10.1. The molecule has 0 aliphatic carbocycles. The van der Waals surface area contributed by atoms with Crippen molar-refractivity contribution in [2.24, 2.45) is 0 Å². The average Bonchev–Trinajstić information content (AvgIpc) is 3.30. The van der Waals surface area contributed by atoms with E-state index >= 15 is 0 Å². The van der Waals surface area contributed by atoms with Gasteiger partial charge >= 0.3 is 11.9 Å². The monoisotopic (exact) mass is 893 g/mol. The molecule has 0 aliphatic heterocycles. The summed E-state index contributed by atoms with van der Waals surface area (Å²) in [4.78, 5) is 25.4. The van der Waals surface area contributed by atoms with Crippen molar-refractivity contribution in [3.8, 4) is 0 Å². The summed E-state index contributed by atoms with van der Waals surface area (Å²) in [5.74, 6) is -0.432. The quantitative estimate of drug-likeness (QED) is 0.0346. The first-order chi connectivity index (χ1) is 31.6. The molecule has 0 aromatic carbocycles. The van der Waals surface area contributed by atoms with Crippen LogP contribution in [0.5, 0.6) is 0 Å². The van der Waals surface area contributed by atoms with Crippen LogP contribution in [0.15, 0.2) is 72.9 Å². The summed E-state index contributed by atoms with van der Waals surface area (Å²) in [6.07, 6.45) is 70.6. The first kappa shape index (κ1) is 61.3. The molecule has 0 bridgehead atoms. The van der Waals surface area contributed by atoms with Gasteiger partial charge in [0.15, 0.2) is 6.10 Å². The number of rotatable bonds is 50. The van der Waals surface area contributed by atoms with Crippen molar-refractivity contribution >= 4 is 11.9 Å². The second-order valence-electron chi connectivity index (χ2n) is 18.1. The van der Waals surface area contributed by atoms with Crippen LogP contribution in [0.4, 0.5) is 0 Å². The Bertz CT molecular complexity index is 1150. The predicted octanol–water partition coefficient (Wildman–Crippen LogP) is 18.7. The maximum Gasteiger partial charge on any atom is 0.306 e. The van der Waals surface area contributed by atoms with Crippen LogP contribution in [0, 0.1) is 0 Å². The highest BCUT2D eigenvalue weighted by molar-refractivity contribution is 5.70. The summed E-state index contributed by atoms with van der Waals surface area (Å²) < 4.78 is 17.4. The van der Waals surface area contributed by atoms with Crippen molar-refractivity contribution in [3.05, 3.63) is 72.9 Å². The Balaban J connectivity index is 4.25. The molecule has 1 atom stereocenters. The van der Waals surface area contributed by atoms with E-state index in [0.717, 1.165) is 96.3 Å². The van der Waals surface area contributed by atoms with E-state index in [0.29, 0.717) is 19.4 Å². The number of allylic oxidation sites excluding steroid dienone is 12. The lowest BCUT2D eigenvalue weighted by Crippen LogP contribution is -2.30. The smallest absolute Gasteiger partial charge is 0.306 e. The molecule has 64 heavy (non-hydrogen) atoms. The number of hydrogen-bond donors (Lipinski definition) is 0. The summed E-state index contributed by atoms with van der Waals surface area (Å²) in [7, 11) is 0. The summed E-state index contributed by atoms with van der Waals surface area (Å²) in [6, 6.07) is 0. The van der Waals surface area contributed by atoms with Gasteiger partial charge in [-0.1, -0.05) is 222 Å². The molecule has 5 heteroatoms. The summed E-state index contributed by atoms with van der Waals surface area (Å²) in [5.41, 5.74) is 0. The zero-order valence-electron chi connectivity index (χ0n) is 42.5. The third-order valence-corrected chi connectivity index (χ3v) is 11.7. The number of carbonyl (C=O) groups is 2. The third kappa shape index (κ3) is 52.0. The van der Waals surface area contributed by atoms with E-state index in [1.165, 1.54) is 135 Å². The van der Waals surface area contributed by atoms with Crippen molar-refractivity contribution in [2.75, 3.05) is 19.8 Å². The molecule has 0 spiro atoms. The van der Waals surface area contributed by atoms with Crippen LogP contribution in [-0.2, 0) is 23.8 Å². The molecular weight excluding hydrogens is 789 g/mol. The van der Waals surface area contributed by atoms with Gasteiger partial charge in [0.05, 0.1) is 6.61 Å². The zero-order valence-corrected chi connectivity index (χ0v) is 42.5. The van der Waals surface area contributed by atoms with Crippen molar-refractivity contribution in [3.63, 3.8) is 0 Å². The topological polar surface area (TPSA) is 61.8 Å². The molecule has 0 heterocycles. The fraction of sp³-hybridized carbons (Fsp3) is 0.763. The van der Waals surface area contributed by atoms with Gasteiger partial charge in [-0.05, 0) is 103 Å². The summed E-state index contributed by atoms with van der Waals surface area (Å²) >= 11 is 0. The second kappa shape index (κ2) is 54.7. The van der Waals surface area contributed by atoms with Gasteiger partial charge in [-0.3, -0.25) is 9.59 Å². The maximum atomic E-state index is 12.8. The SMILES string of the molecule is CC/C=C\C/C=C\C/C=C\C/C=C\CCCCCCC(=O)OCC(COCCCCCCCCCCCC/C=C\CCCCCCCC)OC(=O)CCCCCCC/C=C\CCCC. The number of unbranched alkanes of at least 4 members (excludes halogenated alkanes) is 27. The molecule has 0 radical (unpaired) electrons. The van der Waals surface area contributed by atoms with E-state index in [1.807, 2.05) is 0 Å². The molecule has 370 valence electrons. The molecule has 0 fully saturated rings. The maximum absolute atomic E-state index is 12.8. The minimum Gasteiger partial charge on any atom is -0.462 e. The lowest BCUT2D eigenvalue weighted by molar-refractivity contribution is -0.163. The molecule has 0 amide bonds. The van der Waals surface area contributed by atoms with Crippen LogP contribution in [-0.4, -0.2) is 37.9 Å². The Morgan fingerprint density at radius 1 is 0.359 bits per heavy atom. The van der Waals surface area contributed by atoms with Gasteiger partial charge in [-0.25, -0.2) is 0 Å². The van der Waals surface area contributed by atoms with Gasteiger partial charge in [0.25, 0.3) is 0 Å². The lowest BCUT2D eigenvalue weighted by Gasteiger charge is -2.18. The van der Waals surface area contributed by atoms with Crippen LogP contribution in [0.25, 0.3) is 0 Å². The Labute approximate surface area is 397 Å². The van der Waals surface area contributed by atoms with Crippen molar-refractivity contribution in [1.82, 2.24) is 0 Å². The van der Waals surface area contributed by atoms with E-state index < -0.39 is 6.10 Å². The minimum absolute atomic E-state index is 0.0676. The van der Waals surface area contributed by atoms with E-state index in [9.17, 15) is 9.59 Å². The van der Waals surface area contributed by atoms with Gasteiger partial charge in [0.2, 0.25) is 0 Å². The summed E-state index contributed by atoms with van der Waals surface area (Å²) in [5, 5.41) is 0. The van der Waals surface area contributed by atoms with Crippen LogP contribution in [0.1, 0.15) is 265 Å². The van der Waals surface area contributed by atoms with Crippen molar-refractivity contribution in [1.29, 1.82) is 0 Å². The Morgan fingerprint density at radius 3 is 1.19 bits per heavy atom. The number of esters is 2. The van der Waals surface area contributed by atoms with Gasteiger partial charge in [0.1, 0.15) is 6.61 Å². The molecule has 0 aromatic rings. The normalized spacial score (nSPS) is 12.7. The fourth-order valence-corrected chi connectivity index (χ4v) is 7.59. The first-order valence-electron chi connectivity index (χ1n) is 27.5. The van der Waals surface area contributed by atoms with E-state index in [4.69, 9.17) is 14.2 Å². The predicted molar refractivity (Wildman–Crippen MR) is 279 cm³/mol. The number of ether oxygens (including phenoxy) is 3. The number of carbonyl (C=O) groups excluding carboxylic acids is 2. The van der Waals surface area contributed by atoms with Crippen molar-refractivity contribution in [2.45, 2.75) is 271 Å². The van der Waals surface area contributed by atoms with Crippen molar-refractivity contribution < 1.29 is 23.8 Å². The van der Waals surface area contributed by atoms with Gasteiger partial charge in [-0.2, -0.15) is 0 Å². The van der Waals surface area contributed by atoms with E-state index in [2.05, 4.69) is 93.7 Å². The highest BCUT2D eigenvalue weighted by atomic mass is 16.6. The standard InChI is InChI=1S/C59H104O5/c1-4-7-10-13-16-19-22-24-26-28-29-30-32-34-36-39-42-45-48-51-54-62-55-57(64-59(61)53-50-47-44-41-37-21-18-15-12-9-6-3)56-63-58(60)52-49-46-43-40-38-35-33-31-27-25-23-20-17-14-11-8-5-2/h8,11,15,17-18,20,24-27,33,35,57H,4-7,9-10,12-14,16,19,21-23,28-32,34,36-56H2,1-3H3/b11-8-,18-15-,20-17-,26-24-,27-25-,35-33-. The molecule has 0 aliphatic rings. The first-order valence-corrected chi connectivity index (χ1v) is 27.5. The Kier molecular flexibility index (Phi) is 52.4. The van der Waals surface area contributed by atoms with Crippen LogP contribution >= 0.6 is 0 Å². The van der Waals surface area contributed by atoms with E-state index in [-0.39, 0.29) is 25.2 Å². The number of hydrogen-bond acceptors (Lipinski definition) is 5. The average molecular weight is 893 g/mol. The van der Waals surface area contributed by atoms with Crippen LogP contribution < -0.4 is 0 Å². The largest absolute Gasteiger partial charge is 0.462 e. The molecule has 0 rings (SSSR count). The minimum atomic E-state index is -0.553. The molecule has 0 aromatic heterocycles. The van der Waals surface area contributed by atoms with Gasteiger partial charge in [0, 0.05) is 19.4 Å². The fourth-order valence-electron chi connectivity index (χ4n) is 7.59. The second-order valence-corrected chi connectivity index (χ2v) is 18.1. The molecule has 0 saturated carbocycles. The van der Waals surface area contributed by atoms with Gasteiger partial charge in [-0.15, -0.1) is 0 Å². The highest BCUT2D eigenvalue weighted by Crippen LogP contribution is 2.14. The van der Waals surface area contributed by atoms with E-state index in [1.54, 1.807) is 0 Å². The van der Waals surface area contributed by atoms with Crippen LogP contribution in [0.2, 0.25) is 0 Å². The molecule has 0 N–H and O–H groups in total. The molecule has 5 nitrogen and oxygen atoms in total. The molecule has 1 unspecified atom stereocenters.